The molecule has 0 aliphatic rings. The van der Waals surface area contributed by atoms with Crippen molar-refractivity contribution >= 4 is 11.7 Å². The molecule has 6 heteroatoms. The van der Waals surface area contributed by atoms with E-state index in [0.717, 1.165) is 5.69 Å². The van der Waals surface area contributed by atoms with E-state index in [0.29, 0.717) is 44.7 Å². The maximum Gasteiger partial charge on any atom is 0.221 e. The van der Waals surface area contributed by atoms with Gasteiger partial charge in [0.1, 0.15) is 5.78 Å². The lowest BCUT2D eigenvalue weighted by Gasteiger charge is -2.07. The van der Waals surface area contributed by atoms with Crippen molar-refractivity contribution in [3.63, 3.8) is 0 Å². The zero-order valence-corrected chi connectivity index (χ0v) is 12.6. The van der Waals surface area contributed by atoms with Crippen LogP contribution in [0.2, 0.25) is 0 Å². The van der Waals surface area contributed by atoms with Gasteiger partial charge in [-0.1, -0.05) is 26.0 Å². The van der Waals surface area contributed by atoms with E-state index in [-0.39, 0.29) is 11.7 Å². The van der Waals surface area contributed by atoms with Crippen molar-refractivity contribution in [2.75, 3.05) is 6.54 Å². The molecular weight excluding hydrogens is 256 g/mol. The summed E-state index contributed by atoms with van der Waals surface area (Å²) in [6, 6.07) is 0. The number of hydrogen-bond acceptors (Lipinski definition) is 4. The number of nitrogens with zero attached hydrogens (tertiary/aromatic N) is 3. The Labute approximate surface area is 119 Å². The zero-order valence-electron chi connectivity index (χ0n) is 12.6. The van der Waals surface area contributed by atoms with E-state index in [2.05, 4.69) is 29.5 Å². The van der Waals surface area contributed by atoms with Crippen LogP contribution in [0.4, 0.5) is 0 Å². The van der Waals surface area contributed by atoms with Crippen molar-refractivity contribution in [2.45, 2.75) is 53.0 Å². The largest absolute Gasteiger partial charge is 0.356 e. The van der Waals surface area contributed by atoms with Gasteiger partial charge in [-0.2, -0.15) is 0 Å². The molecule has 0 radical (unpaired) electrons. The second-order valence-electron chi connectivity index (χ2n) is 5.31. The van der Waals surface area contributed by atoms with E-state index in [1.165, 1.54) is 0 Å². The van der Waals surface area contributed by atoms with Gasteiger partial charge in [0.15, 0.2) is 0 Å². The first-order valence-corrected chi connectivity index (χ1v) is 7.18. The van der Waals surface area contributed by atoms with Gasteiger partial charge in [0.05, 0.1) is 12.2 Å². The molecule has 0 fully saturated rings. The number of rotatable bonds is 9. The minimum absolute atomic E-state index is 0.0249. The van der Waals surface area contributed by atoms with E-state index in [1.54, 1.807) is 10.9 Å². The molecule has 0 aliphatic heterocycles. The van der Waals surface area contributed by atoms with Crippen molar-refractivity contribution in [1.29, 1.82) is 0 Å². The molecule has 1 N–H and O–H groups in total. The van der Waals surface area contributed by atoms with Crippen molar-refractivity contribution in [2.24, 2.45) is 5.92 Å². The number of hydrogen-bond donors (Lipinski definition) is 1. The highest BCUT2D eigenvalue weighted by molar-refractivity contribution is 5.78. The van der Waals surface area contributed by atoms with Crippen LogP contribution in [0.3, 0.4) is 0 Å². The Morgan fingerprint density at radius 1 is 1.35 bits per heavy atom. The summed E-state index contributed by atoms with van der Waals surface area (Å²) in [5.74, 6) is 0.706. The topological polar surface area (TPSA) is 76.9 Å². The number of aryl methyl sites for hydroxylation is 2. The average molecular weight is 280 g/mol. The molecule has 20 heavy (non-hydrogen) atoms. The first-order valence-electron chi connectivity index (χ1n) is 7.18. The summed E-state index contributed by atoms with van der Waals surface area (Å²) in [6.07, 6.45) is 3.88. The number of carbonyl (C=O) groups excluding carboxylic acids is 2. The van der Waals surface area contributed by atoms with Crippen LogP contribution in [-0.2, 0) is 22.6 Å². The van der Waals surface area contributed by atoms with Crippen LogP contribution >= 0.6 is 0 Å². The number of nitrogens with one attached hydrogen (secondary N) is 1. The van der Waals surface area contributed by atoms with Crippen LogP contribution in [0.25, 0.3) is 0 Å². The predicted molar refractivity (Wildman–Crippen MR) is 76.1 cm³/mol. The summed E-state index contributed by atoms with van der Waals surface area (Å²) in [5.41, 5.74) is 0.800. The van der Waals surface area contributed by atoms with Gasteiger partial charge in [-0.05, 0) is 12.3 Å². The Bertz CT molecular complexity index is 440. The molecule has 1 heterocycles. The van der Waals surface area contributed by atoms with E-state index < -0.39 is 0 Å². The Morgan fingerprint density at radius 2 is 2.10 bits per heavy atom. The number of amides is 1. The van der Waals surface area contributed by atoms with Gasteiger partial charge in [-0.25, -0.2) is 0 Å². The SMILES string of the molecule is CCC(=O)CCc1cn(CCC(=O)NCC(C)C)nn1. The summed E-state index contributed by atoms with van der Waals surface area (Å²) in [5, 5.41) is 10.8. The van der Waals surface area contributed by atoms with Gasteiger partial charge in [-0.15, -0.1) is 5.10 Å². The fourth-order valence-corrected chi connectivity index (χ4v) is 1.63. The number of aromatic nitrogens is 3. The summed E-state index contributed by atoms with van der Waals surface area (Å²) >= 11 is 0. The summed E-state index contributed by atoms with van der Waals surface area (Å²) < 4.78 is 1.65. The fourth-order valence-electron chi connectivity index (χ4n) is 1.63. The smallest absolute Gasteiger partial charge is 0.221 e. The van der Waals surface area contributed by atoms with Gasteiger partial charge in [-0.3, -0.25) is 14.3 Å². The lowest BCUT2D eigenvalue weighted by molar-refractivity contribution is -0.121. The molecule has 0 bridgehead atoms. The highest BCUT2D eigenvalue weighted by atomic mass is 16.1. The Kier molecular flexibility index (Phi) is 6.90. The minimum Gasteiger partial charge on any atom is -0.356 e. The van der Waals surface area contributed by atoms with E-state index in [1.807, 2.05) is 6.92 Å². The van der Waals surface area contributed by atoms with Crippen molar-refractivity contribution in [1.82, 2.24) is 20.3 Å². The van der Waals surface area contributed by atoms with E-state index >= 15 is 0 Å². The van der Waals surface area contributed by atoms with Gasteiger partial charge in [0.2, 0.25) is 5.91 Å². The number of Topliss-reactive ketones (excluding diaryl/α,β-unsaturated/α-hetero) is 1. The second kappa shape index (κ2) is 8.45. The number of carbonyl (C=O) groups is 2. The molecule has 1 aromatic heterocycles. The first kappa shape index (κ1) is 16.3. The highest BCUT2D eigenvalue weighted by Crippen LogP contribution is 2.01. The Morgan fingerprint density at radius 3 is 2.75 bits per heavy atom. The van der Waals surface area contributed by atoms with Crippen LogP contribution in [-0.4, -0.2) is 33.2 Å². The summed E-state index contributed by atoms with van der Waals surface area (Å²) in [6.45, 7) is 7.18. The minimum atomic E-state index is 0.0249. The van der Waals surface area contributed by atoms with Crippen molar-refractivity contribution in [3.05, 3.63) is 11.9 Å². The molecule has 0 atom stereocenters. The van der Waals surface area contributed by atoms with Crippen molar-refractivity contribution in [3.8, 4) is 0 Å². The fraction of sp³-hybridized carbons (Fsp3) is 0.714. The molecule has 6 nitrogen and oxygen atoms in total. The van der Waals surface area contributed by atoms with Crippen molar-refractivity contribution < 1.29 is 9.59 Å². The third-order valence-corrected chi connectivity index (χ3v) is 2.92. The van der Waals surface area contributed by atoms with Crippen LogP contribution in [0, 0.1) is 5.92 Å². The molecule has 1 aromatic rings. The zero-order chi connectivity index (χ0) is 15.0. The van der Waals surface area contributed by atoms with Crippen LogP contribution in [0.5, 0.6) is 0 Å². The molecule has 1 rings (SSSR count). The van der Waals surface area contributed by atoms with Gasteiger partial charge < -0.3 is 5.32 Å². The van der Waals surface area contributed by atoms with Gasteiger partial charge in [0, 0.05) is 32.0 Å². The maximum atomic E-state index is 11.6. The van der Waals surface area contributed by atoms with Crippen LogP contribution in [0.15, 0.2) is 6.20 Å². The molecule has 0 aliphatic carbocycles. The monoisotopic (exact) mass is 280 g/mol. The third kappa shape index (κ3) is 6.45. The molecule has 0 spiro atoms. The van der Waals surface area contributed by atoms with Gasteiger partial charge >= 0.3 is 0 Å². The molecule has 0 saturated heterocycles. The predicted octanol–water partition coefficient (Wildman–Crippen LogP) is 1.35. The molecule has 0 saturated carbocycles. The van der Waals surface area contributed by atoms with Crippen LogP contribution < -0.4 is 5.32 Å². The molecule has 112 valence electrons. The standard InChI is InChI=1S/C14H24N4O2/c1-4-13(19)6-5-12-10-18(17-16-12)8-7-14(20)15-9-11(2)3/h10-11H,4-9H2,1-3H3,(H,15,20). The molecule has 1 amide bonds. The van der Waals surface area contributed by atoms with E-state index in [4.69, 9.17) is 0 Å². The molecule has 0 unspecified atom stereocenters. The second-order valence-corrected chi connectivity index (χ2v) is 5.31. The maximum absolute atomic E-state index is 11.6. The lowest BCUT2D eigenvalue weighted by Crippen LogP contribution is -2.28. The molecule has 0 aromatic carbocycles. The highest BCUT2D eigenvalue weighted by Gasteiger charge is 2.06. The van der Waals surface area contributed by atoms with Crippen LogP contribution in [0.1, 0.15) is 45.7 Å². The van der Waals surface area contributed by atoms with E-state index in [9.17, 15) is 9.59 Å². The van der Waals surface area contributed by atoms with Gasteiger partial charge in [0.25, 0.3) is 0 Å². The average Bonchev–Trinajstić information content (AvgIpc) is 2.88. The molecular formula is C14H24N4O2. The summed E-state index contributed by atoms with van der Waals surface area (Å²) in [7, 11) is 0. The number of ketones is 1. The Hall–Kier alpha value is -1.72. The third-order valence-electron chi connectivity index (χ3n) is 2.92. The first-order chi connectivity index (χ1) is 9.51. The lowest BCUT2D eigenvalue weighted by atomic mass is 10.1. The normalized spacial score (nSPS) is 10.8. The quantitative estimate of drug-likeness (QED) is 0.741. The summed E-state index contributed by atoms with van der Waals surface area (Å²) in [4.78, 5) is 22.8. The Balaban J connectivity index is 2.29.